The van der Waals surface area contributed by atoms with Crippen LogP contribution in [-0.4, -0.2) is 25.7 Å². The Kier molecular flexibility index (Phi) is 5.72. The van der Waals surface area contributed by atoms with Crippen LogP contribution in [0.2, 0.25) is 0 Å². The zero-order chi connectivity index (χ0) is 14.4. The minimum Gasteiger partial charge on any atom is -0.486 e. The van der Waals surface area contributed by atoms with E-state index < -0.39 is 0 Å². The van der Waals surface area contributed by atoms with Crippen molar-refractivity contribution in [2.75, 3.05) is 25.0 Å². The molecule has 3 nitrogen and oxygen atoms in total. The summed E-state index contributed by atoms with van der Waals surface area (Å²) in [6.45, 7) is 9.76. The Morgan fingerprint density at radius 3 is 2.95 bits per heavy atom. The second-order valence-electron chi connectivity index (χ2n) is 6.04. The van der Waals surface area contributed by atoms with Gasteiger partial charge in [-0.05, 0) is 56.0 Å². The summed E-state index contributed by atoms with van der Waals surface area (Å²) in [5, 5.41) is 6.98. The molecule has 0 saturated carbocycles. The number of nitrogens with one attached hydrogen (secondary N) is 2. The van der Waals surface area contributed by atoms with E-state index in [4.69, 9.17) is 4.74 Å². The molecule has 0 bridgehead atoms. The SMILES string of the molecule is CCC1CNc2cc(CCNCCC(C)C)ccc2O1. The summed E-state index contributed by atoms with van der Waals surface area (Å²) in [6.07, 6.45) is 3.68. The van der Waals surface area contributed by atoms with E-state index in [0.29, 0.717) is 6.10 Å². The van der Waals surface area contributed by atoms with Crippen molar-refractivity contribution in [3.63, 3.8) is 0 Å². The molecule has 112 valence electrons. The van der Waals surface area contributed by atoms with Crippen molar-refractivity contribution >= 4 is 5.69 Å². The van der Waals surface area contributed by atoms with Crippen molar-refractivity contribution in [3.8, 4) is 5.75 Å². The highest BCUT2D eigenvalue weighted by atomic mass is 16.5. The van der Waals surface area contributed by atoms with Gasteiger partial charge in [-0.2, -0.15) is 0 Å². The van der Waals surface area contributed by atoms with Gasteiger partial charge in [0.05, 0.1) is 12.2 Å². The first kappa shape index (κ1) is 15.2. The lowest BCUT2D eigenvalue weighted by molar-refractivity contribution is 0.202. The van der Waals surface area contributed by atoms with Crippen molar-refractivity contribution < 1.29 is 4.74 Å². The van der Waals surface area contributed by atoms with Crippen LogP contribution < -0.4 is 15.4 Å². The largest absolute Gasteiger partial charge is 0.486 e. The topological polar surface area (TPSA) is 33.3 Å². The van der Waals surface area contributed by atoms with Crippen LogP contribution >= 0.6 is 0 Å². The molecule has 1 aromatic rings. The number of benzene rings is 1. The minimum atomic E-state index is 0.311. The fourth-order valence-corrected chi connectivity index (χ4v) is 2.39. The number of rotatable bonds is 7. The molecule has 1 unspecified atom stereocenters. The average molecular weight is 276 g/mol. The lowest BCUT2D eigenvalue weighted by atomic mass is 10.1. The van der Waals surface area contributed by atoms with Crippen LogP contribution in [0.15, 0.2) is 18.2 Å². The van der Waals surface area contributed by atoms with Crippen LogP contribution in [0, 0.1) is 5.92 Å². The fraction of sp³-hybridized carbons (Fsp3) is 0.647. The molecule has 0 radical (unpaired) electrons. The number of fused-ring (bicyclic) bond motifs is 1. The molecule has 0 aliphatic carbocycles. The summed E-state index contributed by atoms with van der Waals surface area (Å²) in [5.74, 6) is 1.78. The van der Waals surface area contributed by atoms with Crippen LogP contribution in [0.4, 0.5) is 5.69 Å². The second-order valence-corrected chi connectivity index (χ2v) is 6.04. The lowest BCUT2D eigenvalue weighted by Gasteiger charge is -2.27. The van der Waals surface area contributed by atoms with E-state index in [9.17, 15) is 0 Å². The molecule has 2 N–H and O–H groups in total. The molecule has 3 heteroatoms. The van der Waals surface area contributed by atoms with E-state index in [-0.39, 0.29) is 0 Å². The van der Waals surface area contributed by atoms with Gasteiger partial charge in [-0.1, -0.05) is 26.8 Å². The van der Waals surface area contributed by atoms with E-state index in [0.717, 1.165) is 49.8 Å². The van der Waals surface area contributed by atoms with E-state index >= 15 is 0 Å². The second kappa shape index (κ2) is 7.53. The first-order chi connectivity index (χ1) is 9.69. The number of anilines is 1. The van der Waals surface area contributed by atoms with Crippen LogP contribution in [0.3, 0.4) is 0 Å². The first-order valence-electron chi connectivity index (χ1n) is 7.93. The molecule has 2 rings (SSSR count). The molecular weight excluding hydrogens is 248 g/mol. The third-order valence-corrected chi connectivity index (χ3v) is 3.80. The summed E-state index contributed by atoms with van der Waals surface area (Å²) in [7, 11) is 0. The zero-order valence-corrected chi connectivity index (χ0v) is 13.0. The van der Waals surface area contributed by atoms with Crippen LogP contribution in [0.5, 0.6) is 5.75 Å². The molecule has 1 aliphatic rings. The number of hydrogen-bond donors (Lipinski definition) is 2. The van der Waals surface area contributed by atoms with Gasteiger partial charge in [0, 0.05) is 0 Å². The monoisotopic (exact) mass is 276 g/mol. The minimum absolute atomic E-state index is 0.311. The highest BCUT2D eigenvalue weighted by Gasteiger charge is 2.17. The summed E-state index contributed by atoms with van der Waals surface area (Å²) in [4.78, 5) is 0. The standard InChI is InChI=1S/C17H28N2O/c1-4-15-12-19-16-11-14(5-6-17(16)20-15)8-10-18-9-7-13(2)3/h5-6,11,13,15,18-19H,4,7-10,12H2,1-3H3. The quantitative estimate of drug-likeness (QED) is 0.748. The van der Waals surface area contributed by atoms with Crippen molar-refractivity contribution in [1.82, 2.24) is 5.32 Å². The Hall–Kier alpha value is -1.22. The Morgan fingerprint density at radius 2 is 2.20 bits per heavy atom. The van der Waals surface area contributed by atoms with Crippen molar-refractivity contribution in [3.05, 3.63) is 23.8 Å². The number of ether oxygens (including phenoxy) is 1. The summed E-state index contributed by atoms with van der Waals surface area (Å²) in [6, 6.07) is 6.52. The van der Waals surface area contributed by atoms with Crippen molar-refractivity contribution in [2.24, 2.45) is 5.92 Å². The Labute approximate surface area is 123 Å². The Balaban J connectivity index is 1.79. The predicted molar refractivity (Wildman–Crippen MR) is 85.7 cm³/mol. The predicted octanol–water partition coefficient (Wildman–Crippen LogP) is 3.45. The van der Waals surface area contributed by atoms with Gasteiger partial charge in [0.15, 0.2) is 0 Å². The molecule has 0 fully saturated rings. The molecule has 1 atom stereocenters. The molecule has 20 heavy (non-hydrogen) atoms. The van der Waals surface area contributed by atoms with Crippen molar-refractivity contribution in [1.29, 1.82) is 0 Å². The maximum atomic E-state index is 5.93. The third-order valence-electron chi connectivity index (χ3n) is 3.80. The first-order valence-corrected chi connectivity index (χ1v) is 7.93. The van der Waals surface area contributed by atoms with Gasteiger partial charge in [-0.25, -0.2) is 0 Å². The summed E-state index contributed by atoms with van der Waals surface area (Å²) >= 11 is 0. The van der Waals surface area contributed by atoms with Gasteiger partial charge < -0.3 is 15.4 Å². The van der Waals surface area contributed by atoms with E-state index in [1.165, 1.54) is 12.0 Å². The molecule has 1 heterocycles. The lowest BCUT2D eigenvalue weighted by Crippen LogP contribution is -2.30. The van der Waals surface area contributed by atoms with E-state index in [1.54, 1.807) is 0 Å². The molecule has 1 aliphatic heterocycles. The molecular formula is C17H28N2O. The van der Waals surface area contributed by atoms with Gasteiger partial charge >= 0.3 is 0 Å². The average Bonchev–Trinajstić information content (AvgIpc) is 2.46. The van der Waals surface area contributed by atoms with Crippen LogP contribution in [0.25, 0.3) is 0 Å². The Bertz CT molecular complexity index is 417. The molecule has 0 spiro atoms. The maximum absolute atomic E-state index is 5.93. The third kappa shape index (κ3) is 4.41. The van der Waals surface area contributed by atoms with Crippen LogP contribution in [-0.2, 0) is 6.42 Å². The van der Waals surface area contributed by atoms with Gasteiger partial charge in [-0.15, -0.1) is 0 Å². The van der Waals surface area contributed by atoms with Gasteiger partial charge in [0.1, 0.15) is 11.9 Å². The molecule has 0 saturated heterocycles. The van der Waals surface area contributed by atoms with Crippen molar-refractivity contribution in [2.45, 2.75) is 46.1 Å². The Morgan fingerprint density at radius 1 is 1.35 bits per heavy atom. The highest BCUT2D eigenvalue weighted by molar-refractivity contribution is 5.59. The maximum Gasteiger partial charge on any atom is 0.142 e. The summed E-state index contributed by atoms with van der Waals surface area (Å²) in [5.41, 5.74) is 2.52. The molecule has 1 aromatic carbocycles. The normalized spacial score (nSPS) is 17.5. The van der Waals surface area contributed by atoms with E-state index in [2.05, 4.69) is 49.6 Å². The fourth-order valence-electron chi connectivity index (χ4n) is 2.39. The zero-order valence-electron chi connectivity index (χ0n) is 13.0. The van der Waals surface area contributed by atoms with Gasteiger partial charge in [0.25, 0.3) is 0 Å². The number of hydrogen-bond acceptors (Lipinski definition) is 3. The molecule has 0 amide bonds. The molecule has 0 aromatic heterocycles. The van der Waals surface area contributed by atoms with Gasteiger partial charge in [-0.3, -0.25) is 0 Å². The highest BCUT2D eigenvalue weighted by Crippen LogP contribution is 2.30. The smallest absolute Gasteiger partial charge is 0.142 e. The van der Waals surface area contributed by atoms with Crippen LogP contribution in [0.1, 0.15) is 39.2 Å². The van der Waals surface area contributed by atoms with Gasteiger partial charge in [0.2, 0.25) is 0 Å². The summed E-state index contributed by atoms with van der Waals surface area (Å²) < 4.78 is 5.93. The van der Waals surface area contributed by atoms with E-state index in [1.807, 2.05) is 0 Å².